The third kappa shape index (κ3) is 3.07. The molecule has 3 amide bonds. The van der Waals surface area contributed by atoms with Gasteiger partial charge in [-0.1, -0.05) is 0 Å². The molecule has 1 saturated carbocycles. The summed E-state index contributed by atoms with van der Waals surface area (Å²) in [4.78, 5) is 34.5. The Morgan fingerprint density at radius 3 is 2.44 bits per heavy atom. The summed E-state index contributed by atoms with van der Waals surface area (Å²) in [5, 5.41) is 4.96. The van der Waals surface area contributed by atoms with Crippen LogP contribution in [0.3, 0.4) is 0 Å². The molecule has 1 saturated heterocycles. The maximum absolute atomic E-state index is 12.0. The predicted molar refractivity (Wildman–Crippen MR) is 64.2 cm³/mol. The Morgan fingerprint density at radius 1 is 1.17 bits per heavy atom. The molecule has 1 unspecified atom stereocenters. The smallest absolute Gasteiger partial charge is 0.249 e. The Balaban J connectivity index is 1.84. The molecule has 0 bridgehead atoms. The van der Waals surface area contributed by atoms with Crippen LogP contribution in [0.25, 0.3) is 0 Å². The molecule has 100 valence electrons. The van der Waals surface area contributed by atoms with Gasteiger partial charge in [0.1, 0.15) is 6.04 Å². The number of nitrogens with one attached hydrogen (secondary N) is 2. The fourth-order valence-electron chi connectivity index (χ4n) is 2.50. The van der Waals surface area contributed by atoms with Crippen LogP contribution in [-0.4, -0.2) is 29.8 Å². The fourth-order valence-corrected chi connectivity index (χ4v) is 2.50. The average Bonchev–Trinajstić information content (AvgIpc) is 2.33. The van der Waals surface area contributed by atoms with E-state index in [2.05, 4.69) is 10.6 Å². The van der Waals surface area contributed by atoms with Gasteiger partial charge in [0.25, 0.3) is 0 Å². The molecule has 0 aromatic carbocycles. The fraction of sp³-hybridized carbons (Fsp3) is 0.750. The van der Waals surface area contributed by atoms with Crippen LogP contribution in [0.1, 0.15) is 38.5 Å². The molecule has 0 aromatic heterocycles. The summed E-state index contributed by atoms with van der Waals surface area (Å²) in [6, 6.07) is -0.365. The first-order chi connectivity index (χ1) is 8.56. The van der Waals surface area contributed by atoms with Crippen molar-refractivity contribution in [1.82, 2.24) is 10.6 Å². The number of nitrogens with two attached hydrogens (primary N) is 1. The minimum Gasteiger partial charge on any atom is -0.344 e. The van der Waals surface area contributed by atoms with E-state index < -0.39 is 11.9 Å². The summed E-state index contributed by atoms with van der Waals surface area (Å²) >= 11 is 0. The van der Waals surface area contributed by atoms with Crippen molar-refractivity contribution in [3.05, 3.63) is 0 Å². The van der Waals surface area contributed by atoms with Crippen LogP contribution >= 0.6 is 0 Å². The van der Waals surface area contributed by atoms with E-state index in [-0.39, 0.29) is 30.2 Å². The van der Waals surface area contributed by atoms with E-state index in [1.807, 2.05) is 0 Å². The molecule has 0 aromatic rings. The van der Waals surface area contributed by atoms with Crippen molar-refractivity contribution < 1.29 is 14.4 Å². The van der Waals surface area contributed by atoms with Gasteiger partial charge in [0, 0.05) is 18.4 Å². The van der Waals surface area contributed by atoms with Crippen molar-refractivity contribution in [2.24, 2.45) is 11.7 Å². The van der Waals surface area contributed by atoms with E-state index in [1.54, 1.807) is 0 Å². The molecule has 6 heteroatoms. The molecule has 0 spiro atoms. The zero-order valence-electron chi connectivity index (χ0n) is 10.3. The Hall–Kier alpha value is -1.43. The summed E-state index contributed by atoms with van der Waals surface area (Å²) in [5.74, 6) is -0.798. The molecular formula is C12H19N3O3. The van der Waals surface area contributed by atoms with Gasteiger partial charge in [-0.05, 0) is 32.1 Å². The maximum atomic E-state index is 12.0. The lowest BCUT2D eigenvalue weighted by molar-refractivity contribution is -0.138. The first kappa shape index (κ1) is 13.0. The first-order valence-electron chi connectivity index (χ1n) is 6.46. The summed E-state index contributed by atoms with van der Waals surface area (Å²) in [5.41, 5.74) is 5.79. The number of piperidine rings is 1. The SMILES string of the molecule is NC1CCC(C(=O)NC2CCC(=O)NC2=O)CC1. The molecule has 2 aliphatic rings. The minimum atomic E-state index is -0.564. The summed E-state index contributed by atoms with van der Waals surface area (Å²) in [7, 11) is 0. The van der Waals surface area contributed by atoms with Crippen LogP contribution in [0.5, 0.6) is 0 Å². The molecule has 18 heavy (non-hydrogen) atoms. The quantitative estimate of drug-likeness (QED) is 0.573. The van der Waals surface area contributed by atoms with Gasteiger partial charge in [0.2, 0.25) is 17.7 Å². The zero-order valence-corrected chi connectivity index (χ0v) is 10.3. The van der Waals surface area contributed by atoms with Crippen molar-refractivity contribution in [2.75, 3.05) is 0 Å². The average molecular weight is 253 g/mol. The third-order valence-electron chi connectivity index (χ3n) is 3.70. The highest BCUT2D eigenvalue weighted by atomic mass is 16.2. The van der Waals surface area contributed by atoms with Crippen LogP contribution in [0.4, 0.5) is 0 Å². The Morgan fingerprint density at radius 2 is 1.83 bits per heavy atom. The molecule has 2 rings (SSSR count). The van der Waals surface area contributed by atoms with Crippen molar-refractivity contribution in [3.63, 3.8) is 0 Å². The molecule has 6 nitrogen and oxygen atoms in total. The van der Waals surface area contributed by atoms with E-state index >= 15 is 0 Å². The second-order valence-corrected chi connectivity index (χ2v) is 5.12. The van der Waals surface area contributed by atoms with Gasteiger partial charge in [0.05, 0.1) is 0 Å². The van der Waals surface area contributed by atoms with E-state index in [4.69, 9.17) is 5.73 Å². The second kappa shape index (κ2) is 5.48. The first-order valence-corrected chi connectivity index (χ1v) is 6.46. The normalized spacial score (nSPS) is 32.8. The van der Waals surface area contributed by atoms with Gasteiger partial charge in [-0.2, -0.15) is 0 Å². The minimum absolute atomic E-state index is 0.0461. The highest BCUT2D eigenvalue weighted by Crippen LogP contribution is 2.23. The molecule has 1 heterocycles. The summed E-state index contributed by atoms with van der Waals surface area (Å²) < 4.78 is 0. The van der Waals surface area contributed by atoms with Gasteiger partial charge < -0.3 is 11.1 Å². The van der Waals surface area contributed by atoms with Crippen molar-refractivity contribution in [2.45, 2.75) is 50.6 Å². The lowest BCUT2D eigenvalue weighted by atomic mass is 9.85. The van der Waals surface area contributed by atoms with E-state index in [0.29, 0.717) is 6.42 Å². The highest BCUT2D eigenvalue weighted by Gasteiger charge is 2.31. The number of carbonyl (C=O) groups is 3. The van der Waals surface area contributed by atoms with E-state index in [9.17, 15) is 14.4 Å². The second-order valence-electron chi connectivity index (χ2n) is 5.12. The number of hydrogen-bond donors (Lipinski definition) is 3. The Bertz CT molecular complexity index is 362. The lowest BCUT2D eigenvalue weighted by Gasteiger charge is -2.28. The number of hydrogen-bond acceptors (Lipinski definition) is 4. The Kier molecular flexibility index (Phi) is 3.96. The number of rotatable bonds is 2. The topological polar surface area (TPSA) is 101 Å². The highest BCUT2D eigenvalue weighted by molar-refractivity contribution is 6.01. The molecule has 0 radical (unpaired) electrons. The van der Waals surface area contributed by atoms with Crippen LogP contribution < -0.4 is 16.4 Å². The van der Waals surface area contributed by atoms with Crippen molar-refractivity contribution >= 4 is 17.7 Å². The monoisotopic (exact) mass is 253 g/mol. The van der Waals surface area contributed by atoms with Gasteiger partial charge in [0.15, 0.2) is 0 Å². The molecular weight excluding hydrogens is 234 g/mol. The van der Waals surface area contributed by atoms with Gasteiger partial charge in [-0.3, -0.25) is 19.7 Å². The Labute approximate surface area is 106 Å². The molecule has 1 aliphatic heterocycles. The van der Waals surface area contributed by atoms with E-state index in [1.165, 1.54) is 0 Å². The molecule has 1 aliphatic carbocycles. The van der Waals surface area contributed by atoms with Crippen LogP contribution in [0.15, 0.2) is 0 Å². The van der Waals surface area contributed by atoms with Gasteiger partial charge in [-0.15, -0.1) is 0 Å². The van der Waals surface area contributed by atoms with Crippen molar-refractivity contribution in [1.29, 1.82) is 0 Å². The number of carbonyl (C=O) groups excluding carboxylic acids is 3. The number of imide groups is 1. The van der Waals surface area contributed by atoms with Crippen LogP contribution in [0, 0.1) is 5.92 Å². The van der Waals surface area contributed by atoms with Crippen LogP contribution in [0.2, 0.25) is 0 Å². The van der Waals surface area contributed by atoms with Crippen LogP contribution in [-0.2, 0) is 14.4 Å². The summed E-state index contributed by atoms with van der Waals surface area (Å²) in [6.07, 6.45) is 3.94. The predicted octanol–water partition coefficient (Wildman–Crippen LogP) is -0.575. The van der Waals surface area contributed by atoms with Gasteiger partial charge >= 0.3 is 0 Å². The molecule has 1 atom stereocenters. The van der Waals surface area contributed by atoms with Gasteiger partial charge in [-0.25, -0.2) is 0 Å². The lowest BCUT2D eigenvalue weighted by Crippen LogP contribution is -2.53. The van der Waals surface area contributed by atoms with E-state index in [0.717, 1.165) is 25.7 Å². The third-order valence-corrected chi connectivity index (χ3v) is 3.70. The summed E-state index contributed by atoms with van der Waals surface area (Å²) in [6.45, 7) is 0. The molecule has 4 N–H and O–H groups in total. The largest absolute Gasteiger partial charge is 0.344 e. The standard InChI is InChI=1S/C12H19N3O3/c13-8-3-1-7(2-4-8)11(17)14-9-5-6-10(16)15-12(9)18/h7-9H,1-6,13H2,(H,14,17)(H,15,16,18). The molecule has 2 fully saturated rings. The zero-order chi connectivity index (χ0) is 13.1. The number of amides is 3. The van der Waals surface area contributed by atoms with Crippen molar-refractivity contribution in [3.8, 4) is 0 Å². The maximum Gasteiger partial charge on any atom is 0.249 e.